The number of aromatic nitrogens is 3. The molecule has 0 radical (unpaired) electrons. The highest BCUT2D eigenvalue weighted by Gasteiger charge is 2.34. The number of carboxylic acid groups (broad SMARTS) is 3. The summed E-state index contributed by atoms with van der Waals surface area (Å²) in [7, 11) is 1.56. The second-order valence-electron chi connectivity index (χ2n) is 15.2. The first-order valence-electron chi connectivity index (χ1n) is 21.7. The fraction of sp³-hybridized carbons (Fsp3) is 0.700. The Balaban J connectivity index is 2.92. The largest absolute Gasteiger partial charge is 0.481 e. The van der Waals surface area contributed by atoms with Crippen LogP contribution >= 0.6 is 0 Å². The van der Waals surface area contributed by atoms with Crippen molar-refractivity contribution in [3.05, 3.63) is 11.9 Å². The smallest absolute Gasteiger partial charge is 0.305 e. The van der Waals surface area contributed by atoms with E-state index in [1.165, 1.54) is 27.0 Å². The van der Waals surface area contributed by atoms with Crippen molar-refractivity contribution in [2.24, 2.45) is 5.92 Å². The molecule has 390 valence electrons. The van der Waals surface area contributed by atoms with Gasteiger partial charge in [0, 0.05) is 33.0 Å². The number of ether oxygens (including phenoxy) is 5. The highest BCUT2D eigenvalue weighted by atomic mass is 19.1. The van der Waals surface area contributed by atoms with Crippen molar-refractivity contribution in [2.45, 2.75) is 96.2 Å². The minimum Gasteiger partial charge on any atom is -0.481 e. The molecule has 0 saturated heterocycles. The molecule has 0 fully saturated rings. The lowest BCUT2D eigenvalue weighted by Gasteiger charge is -2.28. The van der Waals surface area contributed by atoms with Crippen molar-refractivity contribution in [3.63, 3.8) is 0 Å². The summed E-state index contributed by atoms with van der Waals surface area (Å²) in [4.78, 5) is 126. The van der Waals surface area contributed by atoms with E-state index in [2.05, 4.69) is 47.5 Å². The Morgan fingerprint density at radius 2 is 1.17 bits per heavy atom. The third-order valence-electron chi connectivity index (χ3n) is 9.07. The predicted molar refractivity (Wildman–Crippen MR) is 232 cm³/mol. The van der Waals surface area contributed by atoms with Crippen LogP contribution < -0.4 is 37.2 Å². The Morgan fingerprint density at radius 3 is 1.75 bits per heavy atom. The number of aliphatic carboxylic acids is 3. The summed E-state index contributed by atoms with van der Waals surface area (Å²) in [5, 5.41) is 52.2. The van der Waals surface area contributed by atoms with Gasteiger partial charge in [0.15, 0.2) is 0 Å². The summed E-state index contributed by atoms with van der Waals surface area (Å²) < 4.78 is 39.4. The molecule has 0 spiro atoms. The normalized spacial score (nSPS) is 13.2. The van der Waals surface area contributed by atoms with Gasteiger partial charge in [-0.15, -0.1) is 5.10 Å². The van der Waals surface area contributed by atoms with Crippen molar-refractivity contribution >= 4 is 59.3 Å². The van der Waals surface area contributed by atoms with Gasteiger partial charge in [0.05, 0.1) is 78.5 Å². The maximum atomic E-state index is 13.6. The van der Waals surface area contributed by atoms with Crippen molar-refractivity contribution in [1.82, 2.24) is 52.2 Å². The molecule has 1 rings (SSSR count). The monoisotopic (exact) mass is 992 g/mol. The van der Waals surface area contributed by atoms with Crippen molar-refractivity contribution in [1.29, 1.82) is 0 Å². The minimum atomic E-state index is -1.82. The van der Waals surface area contributed by atoms with Crippen LogP contribution in [0.4, 0.5) is 4.39 Å². The Morgan fingerprint density at radius 1 is 0.609 bits per heavy atom. The molecule has 10 N–H and O–H groups in total. The van der Waals surface area contributed by atoms with Crippen LogP contribution in [0.5, 0.6) is 0 Å². The predicted octanol–water partition coefficient (Wildman–Crippen LogP) is -4.00. The molecule has 4 unspecified atom stereocenters. The van der Waals surface area contributed by atoms with Crippen LogP contribution in [-0.4, -0.2) is 200 Å². The number of methoxy groups -OCH3 is 1. The van der Waals surface area contributed by atoms with E-state index in [9.17, 15) is 67.7 Å². The lowest BCUT2D eigenvalue weighted by atomic mass is 10.0. The van der Waals surface area contributed by atoms with Crippen LogP contribution in [-0.2, 0) is 84.8 Å². The summed E-state index contributed by atoms with van der Waals surface area (Å²) in [5.41, 5.74) is 0.232. The lowest BCUT2D eigenvalue weighted by Crippen LogP contribution is -2.60. The average Bonchev–Trinajstić information content (AvgIpc) is 3.73. The van der Waals surface area contributed by atoms with E-state index in [4.69, 9.17) is 23.7 Å². The van der Waals surface area contributed by atoms with Gasteiger partial charge in [0.1, 0.15) is 49.1 Å². The highest BCUT2D eigenvalue weighted by Crippen LogP contribution is 2.08. The number of hydrogen-bond donors (Lipinski definition) is 10. The minimum absolute atomic E-state index is 0.0346. The molecule has 7 amide bonds. The van der Waals surface area contributed by atoms with E-state index < -0.39 is 134 Å². The van der Waals surface area contributed by atoms with Gasteiger partial charge in [-0.2, -0.15) is 0 Å². The summed E-state index contributed by atoms with van der Waals surface area (Å²) in [6.07, 6.45) is -2.01. The molecule has 28 nitrogen and oxygen atoms in total. The third kappa shape index (κ3) is 27.9. The van der Waals surface area contributed by atoms with Crippen LogP contribution in [0, 0.1) is 5.92 Å². The van der Waals surface area contributed by atoms with Gasteiger partial charge in [-0.3, -0.25) is 47.9 Å². The number of halogens is 1. The third-order valence-corrected chi connectivity index (χ3v) is 9.07. The van der Waals surface area contributed by atoms with E-state index in [1.54, 1.807) is 7.11 Å². The van der Waals surface area contributed by atoms with Crippen LogP contribution in [0.1, 0.15) is 58.6 Å². The maximum absolute atomic E-state index is 13.6. The number of alkyl halides is 1. The molecule has 1 aromatic heterocycles. The molecule has 0 saturated carbocycles. The summed E-state index contributed by atoms with van der Waals surface area (Å²) in [5.74, 6) is -11.8. The Bertz CT molecular complexity index is 1820. The number of carboxylic acids is 3. The Hall–Kier alpha value is -6.43. The zero-order valence-corrected chi connectivity index (χ0v) is 39.0. The Kier molecular flexibility index (Phi) is 30.6. The quantitative estimate of drug-likeness (QED) is 0.0281. The first-order valence-corrected chi connectivity index (χ1v) is 21.7. The first kappa shape index (κ1) is 60.6. The number of carbonyl (C=O) groups is 10. The van der Waals surface area contributed by atoms with Crippen LogP contribution in [0.15, 0.2) is 6.20 Å². The topological polar surface area (TPSA) is 392 Å². The molecule has 69 heavy (non-hydrogen) atoms. The second kappa shape index (κ2) is 34.8. The lowest BCUT2D eigenvalue weighted by molar-refractivity contribution is -0.142. The number of amides is 7. The number of hydrogen-bond acceptors (Lipinski definition) is 17. The van der Waals surface area contributed by atoms with Gasteiger partial charge >= 0.3 is 17.9 Å². The van der Waals surface area contributed by atoms with Crippen molar-refractivity contribution in [2.75, 3.05) is 79.7 Å². The average molecular weight is 993 g/mol. The SMILES string of the molecule is COCCOCCOCCOCCNC(=O)[C@H](C)NC(=O)C(CC(=O)O)NC(=O)C(NC(=O)C(CCC(=O)O)NC(=O)C(CC(=O)O)NC(=O)Cn1cc(COCCC(=O)NCCF)nn1)C(C)C. The van der Waals surface area contributed by atoms with E-state index in [-0.39, 0.29) is 58.2 Å². The van der Waals surface area contributed by atoms with E-state index >= 15 is 0 Å². The zero-order valence-electron chi connectivity index (χ0n) is 39.0. The van der Waals surface area contributed by atoms with E-state index in [0.29, 0.717) is 26.4 Å². The fourth-order valence-electron chi connectivity index (χ4n) is 5.58. The number of nitrogens with zero attached hydrogens (tertiary/aromatic N) is 3. The van der Waals surface area contributed by atoms with Gasteiger partial charge < -0.3 is 76.2 Å². The van der Waals surface area contributed by atoms with Gasteiger partial charge in [-0.1, -0.05) is 19.1 Å². The summed E-state index contributed by atoms with van der Waals surface area (Å²) >= 11 is 0. The zero-order chi connectivity index (χ0) is 51.7. The summed E-state index contributed by atoms with van der Waals surface area (Å²) in [6, 6.07) is -8.08. The molecule has 1 aromatic rings. The molecular formula is C40H65FN10O18. The maximum Gasteiger partial charge on any atom is 0.305 e. The number of nitrogens with one attached hydrogen (secondary N) is 7. The second-order valence-corrected chi connectivity index (χ2v) is 15.2. The summed E-state index contributed by atoms with van der Waals surface area (Å²) in [6.45, 7) is 4.93. The van der Waals surface area contributed by atoms with Gasteiger partial charge in [0.25, 0.3) is 0 Å². The van der Waals surface area contributed by atoms with Gasteiger partial charge in [-0.25, -0.2) is 9.07 Å². The number of rotatable bonds is 39. The molecule has 5 atom stereocenters. The fourth-order valence-corrected chi connectivity index (χ4v) is 5.58. The first-order chi connectivity index (χ1) is 32.8. The molecule has 1 heterocycles. The molecule has 0 aromatic carbocycles. The highest BCUT2D eigenvalue weighted by molar-refractivity contribution is 5.98. The molecule has 0 aliphatic carbocycles. The van der Waals surface area contributed by atoms with Crippen LogP contribution in [0.25, 0.3) is 0 Å². The van der Waals surface area contributed by atoms with Gasteiger partial charge in [-0.05, 0) is 19.3 Å². The van der Waals surface area contributed by atoms with Crippen molar-refractivity contribution < 1.29 is 91.3 Å². The molecular weight excluding hydrogens is 927 g/mol. The molecule has 0 aliphatic heterocycles. The molecule has 0 bridgehead atoms. The van der Waals surface area contributed by atoms with Crippen LogP contribution in [0.3, 0.4) is 0 Å². The Labute approximate surface area is 396 Å². The molecule has 29 heteroatoms. The molecule has 0 aliphatic rings. The van der Waals surface area contributed by atoms with Crippen LogP contribution in [0.2, 0.25) is 0 Å². The van der Waals surface area contributed by atoms with Crippen molar-refractivity contribution in [3.8, 4) is 0 Å². The van der Waals surface area contributed by atoms with E-state index in [1.807, 2.05) is 0 Å². The standard InChI is InChI=1S/C40H65FN10O18/c1-24(2)35(40(64)47-29(20-34(58)59)38(62)44-25(3)36(60)43-10-12-66-15-16-68-18-17-67-14-13-65-4)48-37(61)27(5-6-32(54)55)46-39(63)28(19-33(56)57)45-31(53)22-51-21-26(49-50-51)23-69-11-7-30(52)42-9-8-41/h21,24-25,27-29,35H,5-20,22-23H2,1-4H3,(H,42,52)(H,43,60)(H,44,62)(H,45,53)(H,46,63)(H,47,64)(H,48,61)(H,54,55)(H,56,57)(H,58,59)/t25-,27?,28?,29?,35?/m0/s1. The van der Waals surface area contributed by atoms with Gasteiger partial charge in [0.2, 0.25) is 41.4 Å². The number of carbonyl (C=O) groups excluding carboxylic acids is 7. The van der Waals surface area contributed by atoms with E-state index in [0.717, 1.165) is 4.68 Å².